The number of furan rings is 1. The minimum Gasteiger partial charge on any atom is -0.463 e. The van der Waals surface area contributed by atoms with Crippen molar-refractivity contribution in [2.24, 2.45) is 0 Å². The highest BCUT2D eigenvalue weighted by Gasteiger charge is 2.34. The van der Waals surface area contributed by atoms with Crippen LogP contribution < -0.4 is 0 Å². The zero-order valence-electron chi connectivity index (χ0n) is 17.5. The summed E-state index contributed by atoms with van der Waals surface area (Å²) in [4.78, 5) is 27.9. The monoisotopic (exact) mass is 425 g/mol. The number of carbonyl (C=O) groups excluding carboxylic acids is 2. The average Bonchev–Trinajstić information content (AvgIpc) is 3.23. The van der Waals surface area contributed by atoms with Crippen molar-refractivity contribution in [3.63, 3.8) is 0 Å². The fraction of sp³-hybridized carbons (Fsp3) is 0.333. The predicted molar refractivity (Wildman–Crippen MR) is 112 cm³/mol. The Hall–Kier alpha value is -3.19. The maximum absolute atomic E-state index is 13.8. The van der Waals surface area contributed by atoms with E-state index in [1.165, 1.54) is 18.4 Å². The van der Waals surface area contributed by atoms with Gasteiger partial charge in [0.2, 0.25) is 0 Å². The average molecular weight is 425 g/mol. The van der Waals surface area contributed by atoms with Crippen LogP contribution >= 0.6 is 0 Å². The number of carbonyl (C=O) groups is 2. The third-order valence-electron chi connectivity index (χ3n) is 5.71. The van der Waals surface area contributed by atoms with E-state index in [9.17, 15) is 14.0 Å². The zero-order valence-corrected chi connectivity index (χ0v) is 17.5. The number of likely N-dealkylation sites (tertiary alicyclic amines) is 1. The van der Waals surface area contributed by atoms with Crippen molar-refractivity contribution in [2.45, 2.75) is 31.9 Å². The molecule has 2 heterocycles. The number of halogens is 1. The standard InChI is InChI=1S/C24H24FNO5/c1-3-30-24(28)19-14-31-21-6-4-5-18(22(19)21)23(27)26-13-17(29-2)11-12-20(26)15-7-9-16(25)10-8-15/h4-10,14,17,20H,3,11-13H2,1-2H3. The van der Waals surface area contributed by atoms with Crippen LogP contribution in [0.4, 0.5) is 4.39 Å². The molecule has 0 bridgehead atoms. The molecule has 1 aliphatic rings. The van der Waals surface area contributed by atoms with Gasteiger partial charge in [0.15, 0.2) is 0 Å². The number of hydrogen-bond acceptors (Lipinski definition) is 5. The van der Waals surface area contributed by atoms with Crippen LogP contribution in [0.5, 0.6) is 0 Å². The number of amides is 1. The first-order valence-electron chi connectivity index (χ1n) is 10.3. The lowest BCUT2D eigenvalue weighted by Gasteiger charge is -2.39. The van der Waals surface area contributed by atoms with Crippen LogP contribution in [0.25, 0.3) is 11.0 Å². The molecule has 1 aromatic heterocycles. The molecule has 3 aromatic rings. The highest BCUT2D eigenvalue weighted by Crippen LogP contribution is 2.35. The van der Waals surface area contributed by atoms with Crippen molar-refractivity contribution < 1.29 is 27.9 Å². The summed E-state index contributed by atoms with van der Waals surface area (Å²) in [5.41, 5.74) is 1.87. The van der Waals surface area contributed by atoms with Gasteiger partial charge in [-0.3, -0.25) is 4.79 Å². The van der Waals surface area contributed by atoms with Crippen LogP contribution in [-0.2, 0) is 9.47 Å². The Morgan fingerprint density at radius 1 is 1.13 bits per heavy atom. The van der Waals surface area contributed by atoms with E-state index < -0.39 is 5.97 Å². The molecule has 2 atom stereocenters. The number of methoxy groups -OCH3 is 1. The molecule has 2 unspecified atom stereocenters. The van der Waals surface area contributed by atoms with Crippen molar-refractivity contribution in [1.29, 1.82) is 0 Å². The number of nitrogens with zero attached hydrogens (tertiary/aromatic N) is 1. The van der Waals surface area contributed by atoms with E-state index in [1.54, 1.807) is 49.3 Å². The highest BCUT2D eigenvalue weighted by molar-refractivity contribution is 6.13. The van der Waals surface area contributed by atoms with Gasteiger partial charge in [0.25, 0.3) is 5.91 Å². The molecule has 0 aliphatic carbocycles. The largest absolute Gasteiger partial charge is 0.463 e. The second-order valence-electron chi connectivity index (χ2n) is 7.51. The van der Waals surface area contributed by atoms with E-state index in [1.807, 2.05) is 0 Å². The molecule has 6 nitrogen and oxygen atoms in total. The van der Waals surface area contributed by atoms with Crippen molar-refractivity contribution in [2.75, 3.05) is 20.3 Å². The summed E-state index contributed by atoms with van der Waals surface area (Å²) in [6.45, 7) is 2.33. The smallest absolute Gasteiger partial charge is 0.342 e. The number of piperidine rings is 1. The van der Waals surface area contributed by atoms with Crippen LogP contribution in [0.1, 0.15) is 52.1 Å². The first-order valence-corrected chi connectivity index (χ1v) is 10.3. The Morgan fingerprint density at radius 3 is 2.61 bits per heavy atom. The maximum atomic E-state index is 13.8. The SMILES string of the molecule is CCOC(=O)c1coc2cccc(C(=O)N3CC(OC)CCC3c3ccc(F)cc3)c12. The Balaban J connectivity index is 1.76. The molecule has 0 spiro atoms. The van der Waals surface area contributed by atoms with Gasteiger partial charge in [-0.15, -0.1) is 0 Å². The van der Waals surface area contributed by atoms with E-state index in [0.717, 1.165) is 12.0 Å². The van der Waals surface area contributed by atoms with E-state index in [2.05, 4.69) is 0 Å². The summed E-state index contributed by atoms with van der Waals surface area (Å²) in [7, 11) is 1.63. The lowest BCUT2D eigenvalue weighted by molar-refractivity contribution is 0.00709. The Bertz CT molecular complexity index is 1090. The molecule has 1 amide bonds. The van der Waals surface area contributed by atoms with Crippen LogP contribution in [0.3, 0.4) is 0 Å². The second kappa shape index (κ2) is 8.89. The van der Waals surface area contributed by atoms with Gasteiger partial charge < -0.3 is 18.8 Å². The number of hydrogen-bond donors (Lipinski definition) is 0. The van der Waals surface area contributed by atoms with E-state index in [-0.39, 0.29) is 36.0 Å². The van der Waals surface area contributed by atoms with Crippen molar-refractivity contribution in [3.05, 3.63) is 71.2 Å². The molecule has 0 radical (unpaired) electrons. The summed E-state index contributed by atoms with van der Waals surface area (Å²) >= 11 is 0. The third kappa shape index (κ3) is 4.05. The molecule has 1 aliphatic heterocycles. The molecular formula is C24H24FNO5. The maximum Gasteiger partial charge on any atom is 0.342 e. The lowest BCUT2D eigenvalue weighted by atomic mass is 9.92. The van der Waals surface area contributed by atoms with Gasteiger partial charge in [0.1, 0.15) is 23.2 Å². The molecule has 162 valence electrons. The van der Waals surface area contributed by atoms with Gasteiger partial charge in [0, 0.05) is 19.0 Å². The van der Waals surface area contributed by atoms with Gasteiger partial charge in [-0.25, -0.2) is 9.18 Å². The number of fused-ring (bicyclic) bond motifs is 1. The molecule has 0 saturated carbocycles. The molecule has 0 N–H and O–H groups in total. The van der Waals surface area contributed by atoms with Crippen LogP contribution in [-0.4, -0.2) is 43.1 Å². The first kappa shape index (κ1) is 21.1. The summed E-state index contributed by atoms with van der Waals surface area (Å²) in [6, 6.07) is 11.1. The zero-order chi connectivity index (χ0) is 22.0. The minimum absolute atomic E-state index is 0.103. The number of benzene rings is 2. The van der Waals surface area contributed by atoms with Gasteiger partial charge in [0.05, 0.1) is 24.3 Å². The Morgan fingerprint density at radius 2 is 1.90 bits per heavy atom. The molecule has 4 rings (SSSR count). The fourth-order valence-corrected chi connectivity index (χ4v) is 4.17. The summed E-state index contributed by atoms with van der Waals surface area (Å²) in [6.07, 6.45) is 2.69. The molecule has 1 saturated heterocycles. The highest BCUT2D eigenvalue weighted by atomic mass is 19.1. The van der Waals surface area contributed by atoms with Gasteiger partial charge in [-0.05, 0) is 49.6 Å². The molecular weight excluding hydrogens is 401 g/mol. The predicted octanol–water partition coefficient (Wildman–Crippen LogP) is 4.74. The fourth-order valence-electron chi connectivity index (χ4n) is 4.17. The van der Waals surface area contributed by atoms with Crippen LogP contribution in [0.2, 0.25) is 0 Å². The lowest BCUT2D eigenvalue weighted by Crippen LogP contribution is -2.45. The Kier molecular flexibility index (Phi) is 6.04. The van der Waals surface area contributed by atoms with Crippen LogP contribution in [0.15, 0.2) is 53.1 Å². The van der Waals surface area contributed by atoms with E-state index in [0.29, 0.717) is 29.5 Å². The quantitative estimate of drug-likeness (QED) is 0.552. The second-order valence-corrected chi connectivity index (χ2v) is 7.51. The third-order valence-corrected chi connectivity index (χ3v) is 5.71. The van der Waals surface area contributed by atoms with Crippen molar-refractivity contribution in [1.82, 2.24) is 4.90 Å². The first-order chi connectivity index (χ1) is 15.0. The molecule has 1 fully saturated rings. The topological polar surface area (TPSA) is 69.0 Å². The molecule has 2 aromatic carbocycles. The summed E-state index contributed by atoms with van der Waals surface area (Å²) in [5, 5.41) is 0.434. The van der Waals surface area contributed by atoms with E-state index >= 15 is 0 Å². The summed E-state index contributed by atoms with van der Waals surface area (Å²) < 4.78 is 29.6. The van der Waals surface area contributed by atoms with E-state index in [4.69, 9.17) is 13.9 Å². The van der Waals surface area contributed by atoms with Crippen molar-refractivity contribution in [3.8, 4) is 0 Å². The normalized spacial score (nSPS) is 18.9. The minimum atomic E-state index is -0.537. The van der Waals surface area contributed by atoms with Gasteiger partial charge in [-0.1, -0.05) is 18.2 Å². The van der Waals surface area contributed by atoms with Gasteiger partial charge >= 0.3 is 5.97 Å². The van der Waals surface area contributed by atoms with Crippen molar-refractivity contribution >= 4 is 22.8 Å². The van der Waals surface area contributed by atoms with Gasteiger partial charge in [-0.2, -0.15) is 0 Å². The number of ether oxygens (including phenoxy) is 2. The number of esters is 1. The Labute approximate surface area is 179 Å². The van der Waals surface area contributed by atoms with Crippen LogP contribution in [0, 0.1) is 5.82 Å². The molecule has 31 heavy (non-hydrogen) atoms. The summed E-state index contributed by atoms with van der Waals surface area (Å²) in [5.74, 6) is -1.10. The molecule has 7 heteroatoms. The number of rotatable bonds is 5.